The molecule has 0 radical (unpaired) electrons. The van der Waals surface area contributed by atoms with Gasteiger partial charge in [-0.3, -0.25) is 0 Å². The fourth-order valence-corrected chi connectivity index (χ4v) is 3.09. The molecule has 1 aromatic heterocycles. The quantitative estimate of drug-likeness (QED) is 0.867. The van der Waals surface area contributed by atoms with Gasteiger partial charge in [-0.15, -0.1) is 11.3 Å². The van der Waals surface area contributed by atoms with Crippen LogP contribution < -0.4 is 5.14 Å². The summed E-state index contributed by atoms with van der Waals surface area (Å²) >= 11 is 1.19. The summed E-state index contributed by atoms with van der Waals surface area (Å²) in [5.41, 5.74) is 1.29. The van der Waals surface area contributed by atoms with Crippen molar-refractivity contribution in [1.29, 1.82) is 0 Å². The second kappa shape index (κ2) is 5.31. The molecule has 0 aliphatic carbocycles. The molecular formula is C12H12N2O4S2. The number of hydrogen-bond acceptors (Lipinski definition) is 6. The molecule has 0 aliphatic heterocycles. The summed E-state index contributed by atoms with van der Waals surface area (Å²) in [4.78, 5) is 16.3. The van der Waals surface area contributed by atoms with Crippen LogP contribution in [0.3, 0.4) is 0 Å². The van der Waals surface area contributed by atoms with E-state index in [0.717, 1.165) is 0 Å². The van der Waals surface area contributed by atoms with Crippen molar-refractivity contribution < 1.29 is 17.9 Å². The Kier molecular flexibility index (Phi) is 3.89. The van der Waals surface area contributed by atoms with Crippen molar-refractivity contribution >= 4 is 27.3 Å². The first-order valence-corrected chi connectivity index (χ1v) is 7.88. The first kappa shape index (κ1) is 14.6. The van der Waals surface area contributed by atoms with Crippen LogP contribution in [0.2, 0.25) is 0 Å². The lowest BCUT2D eigenvalue weighted by Gasteiger charge is -1.99. The first-order valence-electron chi connectivity index (χ1n) is 5.52. The van der Waals surface area contributed by atoms with Crippen LogP contribution in [0.1, 0.15) is 15.4 Å². The minimum atomic E-state index is -3.71. The molecule has 0 unspecified atom stereocenters. The Balaban J connectivity index is 2.40. The highest BCUT2D eigenvalue weighted by atomic mass is 32.2. The van der Waals surface area contributed by atoms with Gasteiger partial charge < -0.3 is 4.74 Å². The minimum absolute atomic E-state index is 0.0303. The van der Waals surface area contributed by atoms with Crippen LogP contribution in [0, 0.1) is 6.92 Å². The van der Waals surface area contributed by atoms with Crippen molar-refractivity contribution in [2.45, 2.75) is 11.8 Å². The van der Waals surface area contributed by atoms with Gasteiger partial charge in [-0.1, -0.05) is 12.1 Å². The van der Waals surface area contributed by atoms with Gasteiger partial charge in [-0.05, 0) is 19.1 Å². The second-order valence-corrected chi connectivity index (χ2v) is 6.56. The van der Waals surface area contributed by atoms with E-state index in [2.05, 4.69) is 9.72 Å². The van der Waals surface area contributed by atoms with Gasteiger partial charge in [-0.2, -0.15) is 0 Å². The van der Waals surface area contributed by atoms with Gasteiger partial charge >= 0.3 is 5.97 Å². The average Bonchev–Trinajstić information content (AvgIpc) is 2.79. The summed E-state index contributed by atoms with van der Waals surface area (Å²) in [6.07, 6.45) is 0. The molecule has 2 N–H and O–H groups in total. The van der Waals surface area contributed by atoms with E-state index in [-0.39, 0.29) is 4.90 Å². The summed E-state index contributed by atoms with van der Waals surface area (Å²) in [7, 11) is -2.41. The zero-order valence-corrected chi connectivity index (χ0v) is 12.4. The topological polar surface area (TPSA) is 99.4 Å². The number of hydrogen-bond donors (Lipinski definition) is 1. The molecule has 0 saturated carbocycles. The van der Waals surface area contributed by atoms with Crippen molar-refractivity contribution in [3.63, 3.8) is 0 Å². The molecule has 0 bridgehead atoms. The molecule has 0 saturated heterocycles. The maximum atomic E-state index is 11.5. The molecule has 2 aromatic rings. The number of aryl methyl sites for hydroxylation is 1. The number of aromatic nitrogens is 1. The van der Waals surface area contributed by atoms with E-state index in [9.17, 15) is 13.2 Å². The maximum absolute atomic E-state index is 11.5. The number of rotatable bonds is 3. The monoisotopic (exact) mass is 312 g/mol. The SMILES string of the molecule is COC(=O)c1sc(-c2ccc(S(N)(=O)=O)cc2)nc1C. The van der Waals surface area contributed by atoms with E-state index in [1.807, 2.05) is 0 Å². The number of nitrogens with zero attached hydrogens (tertiary/aromatic N) is 1. The molecule has 0 amide bonds. The summed E-state index contributed by atoms with van der Waals surface area (Å²) in [5.74, 6) is -0.438. The normalized spacial score (nSPS) is 11.3. The Hall–Kier alpha value is -1.77. The minimum Gasteiger partial charge on any atom is -0.465 e. The van der Waals surface area contributed by atoms with Crippen LogP contribution in [0.15, 0.2) is 29.2 Å². The number of thiazole rings is 1. The van der Waals surface area contributed by atoms with Crippen LogP contribution in [0.25, 0.3) is 10.6 Å². The Morgan fingerprint density at radius 3 is 2.40 bits per heavy atom. The van der Waals surface area contributed by atoms with Crippen LogP contribution in [0.5, 0.6) is 0 Å². The van der Waals surface area contributed by atoms with E-state index in [1.54, 1.807) is 19.1 Å². The molecule has 0 fully saturated rings. The Morgan fingerprint density at radius 2 is 1.90 bits per heavy atom. The zero-order chi connectivity index (χ0) is 14.9. The van der Waals surface area contributed by atoms with Gasteiger partial charge in [0.05, 0.1) is 17.7 Å². The average molecular weight is 312 g/mol. The molecule has 1 aromatic carbocycles. The molecule has 20 heavy (non-hydrogen) atoms. The van der Waals surface area contributed by atoms with E-state index < -0.39 is 16.0 Å². The van der Waals surface area contributed by atoms with Gasteiger partial charge in [0.25, 0.3) is 0 Å². The Bertz CT molecular complexity index is 748. The molecule has 6 nitrogen and oxygen atoms in total. The molecule has 0 aliphatic rings. The van der Waals surface area contributed by atoms with Crippen LogP contribution >= 0.6 is 11.3 Å². The lowest BCUT2D eigenvalue weighted by atomic mass is 10.2. The van der Waals surface area contributed by atoms with Crippen LogP contribution in [0.4, 0.5) is 0 Å². The van der Waals surface area contributed by atoms with E-state index in [4.69, 9.17) is 5.14 Å². The smallest absolute Gasteiger partial charge is 0.349 e. The van der Waals surface area contributed by atoms with Gasteiger partial charge in [0, 0.05) is 5.56 Å². The fraction of sp³-hybridized carbons (Fsp3) is 0.167. The Labute approximate surface area is 120 Å². The summed E-state index contributed by atoms with van der Waals surface area (Å²) in [5, 5.41) is 5.64. The Morgan fingerprint density at radius 1 is 1.30 bits per heavy atom. The van der Waals surface area contributed by atoms with E-state index in [1.165, 1.54) is 30.6 Å². The number of benzene rings is 1. The first-order chi connectivity index (χ1) is 9.32. The zero-order valence-electron chi connectivity index (χ0n) is 10.8. The van der Waals surface area contributed by atoms with Gasteiger partial charge in [-0.25, -0.2) is 23.3 Å². The number of methoxy groups -OCH3 is 1. The van der Waals surface area contributed by atoms with E-state index in [0.29, 0.717) is 21.1 Å². The highest BCUT2D eigenvalue weighted by molar-refractivity contribution is 7.89. The third-order valence-corrected chi connectivity index (χ3v) is 4.71. The summed E-state index contributed by atoms with van der Waals surface area (Å²) in [6, 6.07) is 6.00. The summed E-state index contributed by atoms with van der Waals surface area (Å²) in [6.45, 7) is 1.71. The summed E-state index contributed by atoms with van der Waals surface area (Å²) < 4.78 is 27.0. The fourth-order valence-electron chi connectivity index (χ4n) is 1.59. The van der Waals surface area contributed by atoms with Crippen LogP contribution in [-0.4, -0.2) is 26.5 Å². The van der Waals surface area contributed by atoms with Crippen molar-refractivity contribution in [2.24, 2.45) is 5.14 Å². The van der Waals surface area contributed by atoms with Crippen molar-refractivity contribution in [2.75, 3.05) is 7.11 Å². The van der Waals surface area contributed by atoms with Crippen molar-refractivity contribution in [3.8, 4) is 10.6 Å². The molecule has 2 rings (SSSR count). The molecule has 0 atom stereocenters. The third kappa shape index (κ3) is 2.87. The molecule has 0 spiro atoms. The lowest BCUT2D eigenvalue weighted by molar-refractivity contribution is 0.0605. The highest BCUT2D eigenvalue weighted by Gasteiger charge is 2.17. The molecule has 106 valence electrons. The molecular weight excluding hydrogens is 300 g/mol. The van der Waals surface area contributed by atoms with E-state index >= 15 is 0 Å². The van der Waals surface area contributed by atoms with Crippen LogP contribution in [-0.2, 0) is 14.8 Å². The number of nitrogens with two attached hydrogens (primary N) is 1. The van der Waals surface area contributed by atoms with Gasteiger partial charge in [0.15, 0.2) is 0 Å². The van der Waals surface area contributed by atoms with Gasteiger partial charge in [0.2, 0.25) is 10.0 Å². The second-order valence-electron chi connectivity index (χ2n) is 3.99. The predicted octanol–water partition coefficient (Wildman–Crippen LogP) is 1.55. The lowest BCUT2D eigenvalue weighted by Crippen LogP contribution is -2.11. The number of primary sulfonamides is 1. The number of carbonyl (C=O) groups is 1. The van der Waals surface area contributed by atoms with Gasteiger partial charge in [0.1, 0.15) is 9.88 Å². The maximum Gasteiger partial charge on any atom is 0.349 e. The molecule has 1 heterocycles. The molecule has 8 heteroatoms. The third-order valence-electron chi connectivity index (χ3n) is 2.60. The predicted molar refractivity (Wildman–Crippen MR) is 75.0 cm³/mol. The largest absolute Gasteiger partial charge is 0.465 e. The highest BCUT2D eigenvalue weighted by Crippen LogP contribution is 2.28. The van der Waals surface area contributed by atoms with Crippen molar-refractivity contribution in [3.05, 3.63) is 34.8 Å². The number of carbonyl (C=O) groups excluding carboxylic acids is 1. The number of ether oxygens (including phenoxy) is 1. The van der Waals surface area contributed by atoms with Crippen molar-refractivity contribution in [1.82, 2.24) is 4.98 Å². The standard InChI is InChI=1S/C12H12N2O4S2/c1-7-10(12(15)18-2)19-11(14-7)8-3-5-9(6-4-8)20(13,16)17/h3-6H,1-2H3,(H2,13,16,17). The number of esters is 1. The number of sulfonamides is 1.